The standard InChI is InChI=1S/C18H23NO8/c1-4-26-16(23)18-11(20)7-10-19-9-6-5-8-17(19,27-18)12(14(21)24-2)13(18)15(22)25-3/h4-10H2,1-3H3/t17-,18-/m0/s1. The van der Waals surface area contributed by atoms with Crippen molar-refractivity contribution in [2.45, 2.75) is 43.9 Å². The third-order valence-corrected chi connectivity index (χ3v) is 5.36. The number of piperidine rings is 1. The number of hydrogen-bond acceptors (Lipinski definition) is 9. The molecule has 9 heteroatoms. The average molecular weight is 381 g/mol. The van der Waals surface area contributed by atoms with Crippen LogP contribution in [0.2, 0.25) is 0 Å². The SMILES string of the molecule is CCOC(=O)[C@]12O[C@@]3(CCCCN3CCC1=O)C(C(=O)OC)=C2C(=O)OC. The van der Waals surface area contributed by atoms with Crippen molar-refractivity contribution in [1.82, 2.24) is 4.90 Å². The second-order valence-corrected chi connectivity index (χ2v) is 6.64. The Morgan fingerprint density at radius 3 is 2.37 bits per heavy atom. The molecule has 0 aromatic rings. The Labute approximate surface area is 156 Å². The first kappa shape index (κ1) is 19.5. The van der Waals surface area contributed by atoms with E-state index in [0.29, 0.717) is 25.9 Å². The smallest absolute Gasteiger partial charge is 0.351 e. The van der Waals surface area contributed by atoms with E-state index in [-0.39, 0.29) is 18.6 Å². The van der Waals surface area contributed by atoms with Crippen LogP contribution in [-0.2, 0) is 38.1 Å². The largest absolute Gasteiger partial charge is 0.466 e. The van der Waals surface area contributed by atoms with Gasteiger partial charge in [0, 0.05) is 19.5 Å². The molecule has 3 aliphatic rings. The van der Waals surface area contributed by atoms with Gasteiger partial charge in [0.15, 0.2) is 11.5 Å². The topological polar surface area (TPSA) is 108 Å². The number of ketones is 1. The van der Waals surface area contributed by atoms with Gasteiger partial charge in [-0.25, -0.2) is 14.4 Å². The molecular formula is C18H23NO8. The van der Waals surface area contributed by atoms with Crippen LogP contribution in [0.25, 0.3) is 0 Å². The van der Waals surface area contributed by atoms with Gasteiger partial charge in [0.25, 0.3) is 5.60 Å². The Balaban J connectivity index is 2.35. The summed E-state index contributed by atoms with van der Waals surface area (Å²) in [5.41, 5.74) is -4.28. The van der Waals surface area contributed by atoms with Gasteiger partial charge < -0.3 is 18.9 Å². The minimum Gasteiger partial charge on any atom is -0.466 e. The lowest BCUT2D eigenvalue weighted by atomic mass is 9.81. The van der Waals surface area contributed by atoms with Gasteiger partial charge in [-0.2, -0.15) is 0 Å². The van der Waals surface area contributed by atoms with Crippen LogP contribution in [-0.4, -0.2) is 73.8 Å². The molecule has 2 bridgehead atoms. The van der Waals surface area contributed by atoms with Crippen molar-refractivity contribution in [2.24, 2.45) is 0 Å². The van der Waals surface area contributed by atoms with E-state index in [1.54, 1.807) is 6.92 Å². The number of Topliss-reactive ketones (excluding diaryl/α,β-unsaturated/α-hetero) is 1. The predicted molar refractivity (Wildman–Crippen MR) is 89.3 cm³/mol. The van der Waals surface area contributed by atoms with Crippen LogP contribution in [0.15, 0.2) is 11.1 Å². The zero-order chi connectivity index (χ0) is 19.8. The molecule has 0 unspecified atom stereocenters. The highest BCUT2D eigenvalue weighted by molar-refractivity contribution is 6.21. The maximum atomic E-state index is 13.1. The summed E-state index contributed by atoms with van der Waals surface area (Å²) in [5, 5.41) is 0. The van der Waals surface area contributed by atoms with Crippen molar-refractivity contribution in [1.29, 1.82) is 0 Å². The molecule has 2 saturated heterocycles. The molecule has 0 saturated carbocycles. The van der Waals surface area contributed by atoms with Crippen molar-refractivity contribution in [2.75, 3.05) is 33.9 Å². The lowest BCUT2D eigenvalue weighted by Gasteiger charge is -2.44. The Kier molecular flexibility index (Phi) is 5.09. The number of methoxy groups -OCH3 is 2. The molecule has 0 N–H and O–H groups in total. The number of fused-ring (bicyclic) bond motifs is 1. The number of rotatable bonds is 4. The average Bonchev–Trinajstić information content (AvgIpc) is 2.90. The molecule has 1 spiro atoms. The Hall–Kier alpha value is -2.26. The molecule has 148 valence electrons. The van der Waals surface area contributed by atoms with Crippen LogP contribution < -0.4 is 0 Å². The minimum absolute atomic E-state index is 0.0179. The highest BCUT2D eigenvalue weighted by Crippen LogP contribution is 2.52. The summed E-state index contributed by atoms with van der Waals surface area (Å²) in [4.78, 5) is 53.2. The molecule has 2 fully saturated rings. The first-order chi connectivity index (χ1) is 12.9. The van der Waals surface area contributed by atoms with E-state index in [4.69, 9.17) is 18.9 Å². The lowest BCUT2D eigenvalue weighted by molar-refractivity contribution is -0.203. The summed E-state index contributed by atoms with van der Waals surface area (Å²) >= 11 is 0. The van der Waals surface area contributed by atoms with E-state index in [1.165, 1.54) is 7.11 Å². The number of nitrogens with zero attached hydrogens (tertiary/aromatic N) is 1. The zero-order valence-corrected chi connectivity index (χ0v) is 15.7. The molecule has 0 amide bonds. The van der Waals surface area contributed by atoms with E-state index < -0.39 is 40.6 Å². The van der Waals surface area contributed by atoms with E-state index in [2.05, 4.69) is 0 Å². The summed E-state index contributed by atoms with van der Waals surface area (Å²) in [6, 6.07) is 0. The number of carbonyl (C=O) groups excluding carboxylic acids is 4. The van der Waals surface area contributed by atoms with Gasteiger partial charge in [0.1, 0.15) is 5.57 Å². The van der Waals surface area contributed by atoms with E-state index in [0.717, 1.165) is 13.5 Å². The van der Waals surface area contributed by atoms with Crippen molar-refractivity contribution < 1.29 is 38.1 Å². The normalized spacial score (nSPS) is 30.4. The summed E-state index contributed by atoms with van der Waals surface area (Å²) in [7, 11) is 2.28. The van der Waals surface area contributed by atoms with Gasteiger partial charge in [0.2, 0.25) is 0 Å². The summed E-state index contributed by atoms with van der Waals surface area (Å²) in [6.07, 6.45) is 1.86. The first-order valence-electron chi connectivity index (χ1n) is 8.96. The van der Waals surface area contributed by atoms with Crippen LogP contribution in [0, 0.1) is 0 Å². The van der Waals surface area contributed by atoms with Crippen molar-refractivity contribution in [3.05, 3.63) is 11.1 Å². The third-order valence-electron chi connectivity index (χ3n) is 5.36. The molecule has 9 nitrogen and oxygen atoms in total. The molecule has 0 aromatic heterocycles. The van der Waals surface area contributed by atoms with Crippen molar-refractivity contribution >= 4 is 23.7 Å². The number of ether oxygens (including phenoxy) is 4. The predicted octanol–water partition coefficient (Wildman–Crippen LogP) is 0.116. The molecule has 2 atom stereocenters. The minimum atomic E-state index is -2.32. The van der Waals surface area contributed by atoms with Gasteiger partial charge in [-0.05, 0) is 26.2 Å². The fraction of sp³-hybridized carbons (Fsp3) is 0.667. The first-order valence-corrected chi connectivity index (χ1v) is 8.96. The van der Waals surface area contributed by atoms with Crippen molar-refractivity contribution in [3.8, 4) is 0 Å². The fourth-order valence-corrected chi connectivity index (χ4v) is 4.23. The maximum absolute atomic E-state index is 13.1. The Morgan fingerprint density at radius 1 is 1.07 bits per heavy atom. The molecule has 3 heterocycles. The number of carbonyl (C=O) groups is 4. The van der Waals surface area contributed by atoms with Crippen LogP contribution in [0.1, 0.15) is 32.6 Å². The Bertz CT molecular complexity index is 729. The van der Waals surface area contributed by atoms with E-state index >= 15 is 0 Å². The van der Waals surface area contributed by atoms with Crippen LogP contribution in [0.4, 0.5) is 0 Å². The highest BCUT2D eigenvalue weighted by atomic mass is 16.6. The molecule has 0 aliphatic carbocycles. The monoisotopic (exact) mass is 381 g/mol. The lowest BCUT2D eigenvalue weighted by Crippen LogP contribution is -2.56. The molecular weight excluding hydrogens is 358 g/mol. The summed E-state index contributed by atoms with van der Waals surface area (Å²) in [6.45, 7) is 2.42. The van der Waals surface area contributed by atoms with E-state index in [9.17, 15) is 19.2 Å². The summed E-state index contributed by atoms with van der Waals surface area (Å²) < 4.78 is 20.9. The molecule has 3 aliphatic heterocycles. The van der Waals surface area contributed by atoms with Crippen LogP contribution in [0.5, 0.6) is 0 Å². The number of esters is 3. The highest BCUT2D eigenvalue weighted by Gasteiger charge is 2.70. The third kappa shape index (κ3) is 2.60. The van der Waals surface area contributed by atoms with Gasteiger partial charge in [-0.15, -0.1) is 0 Å². The fourth-order valence-electron chi connectivity index (χ4n) is 4.23. The van der Waals surface area contributed by atoms with Gasteiger partial charge in [0.05, 0.1) is 26.4 Å². The molecule has 0 radical (unpaired) electrons. The van der Waals surface area contributed by atoms with E-state index in [1.807, 2.05) is 4.90 Å². The quantitative estimate of drug-likeness (QED) is 0.381. The van der Waals surface area contributed by atoms with Crippen molar-refractivity contribution in [3.63, 3.8) is 0 Å². The van der Waals surface area contributed by atoms with Gasteiger partial charge in [-0.1, -0.05) is 0 Å². The molecule has 3 rings (SSSR count). The van der Waals surface area contributed by atoms with Gasteiger partial charge in [-0.3, -0.25) is 9.69 Å². The zero-order valence-electron chi connectivity index (χ0n) is 15.7. The van der Waals surface area contributed by atoms with Crippen LogP contribution >= 0.6 is 0 Å². The number of hydrogen-bond donors (Lipinski definition) is 0. The van der Waals surface area contributed by atoms with Crippen LogP contribution in [0.3, 0.4) is 0 Å². The second-order valence-electron chi connectivity index (χ2n) is 6.64. The molecule has 0 aromatic carbocycles. The molecule has 27 heavy (non-hydrogen) atoms. The second kappa shape index (κ2) is 7.05. The summed E-state index contributed by atoms with van der Waals surface area (Å²) in [5.74, 6) is -3.46. The van der Waals surface area contributed by atoms with Gasteiger partial charge >= 0.3 is 17.9 Å². The Morgan fingerprint density at radius 2 is 1.74 bits per heavy atom. The maximum Gasteiger partial charge on any atom is 0.351 e.